The predicted molar refractivity (Wildman–Crippen MR) is 124 cm³/mol. The molecule has 1 fully saturated rings. The molecule has 1 aromatic carbocycles. The van der Waals surface area contributed by atoms with E-state index in [4.69, 9.17) is 33.4 Å². The van der Waals surface area contributed by atoms with Gasteiger partial charge in [0.2, 0.25) is 0 Å². The normalized spacial score (nSPS) is 23.4. The van der Waals surface area contributed by atoms with Crippen LogP contribution < -0.4 is 0 Å². The van der Waals surface area contributed by atoms with Crippen molar-refractivity contribution in [2.24, 2.45) is 5.11 Å². The van der Waals surface area contributed by atoms with E-state index in [0.717, 1.165) is 26.3 Å². The zero-order valence-corrected chi connectivity index (χ0v) is 21.6. The smallest absolute Gasteiger partial charge is 0.303 e. The van der Waals surface area contributed by atoms with E-state index in [1.165, 1.54) is 12.1 Å². The van der Waals surface area contributed by atoms with Crippen molar-refractivity contribution in [3.63, 3.8) is 0 Å². The van der Waals surface area contributed by atoms with E-state index in [1.807, 2.05) is 6.92 Å². The van der Waals surface area contributed by atoms with Crippen LogP contribution in [0.2, 0.25) is 0 Å². The van der Waals surface area contributed by atoms with E-state index in [0.29, 0.717) is 0 Å². The van der Waals surface area contributed by atoms with Crippen molar-refractivity contribution in [2.45, 2.75) is 69.7 Å². The maximum absolute atomic E-state index is 12.3. The first-order valence-electron chi connectivity index (χ1n) is 11.2. The highest BCUT2D eigenvalue weighted by atomic mass is 32.2. The zero-order valence-electron chi connectivity index (χ0n) is 20.8. The van der Waals surface area contributed by atoms with E-state index in [2.05, 4.69) is 10.0 Å². The van der Waals surface area contributed by atoms with Crippen LogP contribution in [-0.4, -0.2) is 76.8 Å². The molecule has 0 unspecified atom stereocenters. The summed E-state index contributed by atoms with van der Waals surface area (Å²) in [7, 11) is -3.97. The topological polar surface area (TPSA) is 189 Å². The lowest BCUT2D eigenvalue weighted by atomic mass is 9.97. The van der Waals surface area contributed by atoms with Gasteiger partial charge in [0.15, 0.2) is 18.5 Å². The van der Waals surface area contributed by atoms with Gasteiger partial charge in [-0.25, -0.2) is 0 Å². The molecule has 0 aliphatic carbocycles. The molecule has 0 radical (unpaired) electrons. The lowest BCUT2D eigenvalue weighted by Gasteiger charge is -2.43. The number of ether oxygens (including phenoxy) is 5. The Morgan fingerprint density at radius 1 is 1.00 bits per heavy atom. The summed E-state index contributed by atoms with van der Waals surface area (Å²) in [6.07, 6.45) is -4.96. The monoisotopic (exact) mass is 543 g/mol. The Hall–Kier alpha value is -3.23. The lowest BCUT2D eigenvalue weighted by Crippen LogP contribution is -2.61. The van der Waals surface area contributed by atoms with Gasteiger partial charge >= 0.3 is 17.9 Å². The summed E-state index contributed by atoms with van der Waals surface area (Å²) < 4.78 is 56.6. The predicted octanol–water partition coefficient (Wildman–Crippen LogP) is 1.94. The Bertz CT molecular complexity index is 1100. The van der Waals surface area contributed by atoms with Crippen LogP contribution in [0.1, 0.15) is 32.8 Å². The van der Waals surface area contributed by atoms with Crippen LogP contribution in [0, 0.1) is 6.92 Å². The first kappa shape index (κ1) is 30.0. The summed E-state index contributed by atoms with van der Waals surface area (Å²) in [5, 5.41) is 3.60. The Kier molecular flexibility index (Phi) is 11.3. The third-order valence-corrected chi connectivity index (χ3v) is 6.30. The molecular formula is C22H29N3O11S. The van der Waals surface area contributed by atoms with Crippen molar-refractivity contribution in [2.75, 3.05) is 19.8 Å². The SMILES string of the molecule is CC(=O)OC[C@H]1O[C@@H](OCCCOS(=O)(=O)c2ccc(C)cc2)[C@H](N=[N+]=[N-])[C@@H](OC(C)=O)[C@H]1OC(C)=O. The minimum absolute atomic E-state index is 0.00658. The third-order valence-electron chi connectivity index (χ3n) is 4.97. The Balaban J connectivity index is 2.11. The van der Waals surface area contributed by atoms with Gasteiger partial charge in [-0.15, -0.1) is 0 Å². The number of nitrogens with zero attached hydrogens (tertiary/aromatic N) is 3. The summed E-state index contributed by atoms with van der Waals surface area (Å²) in [6, 6.07) is 4.86. The van der Waals surface area contributed by atoms with Crippen molar-refractivity contribution in [1.29, 1.82) is 0 Å². The van der Waals surface area contributed by atoms with Crippen LogP contribution in [0.15, 0.2) is 34.3 Å². The van der Waals surface area contributed by atoms with Gasteiger partial charge < -0.3 is 23.7 Å². The maximum atomic E-state index is 12.3. The Morgan fingerprint density at radius 2 is 1.62 bits per heavy atom. The van der Waals surface area contributed by atoms with Gasteiger partial charge in [-0.2, -0.15) is 8.42 Å². The van der Waals surface area contributed by atoms with Crippen LogP contribution in [-0.2, 0) is 52.4 Å². The molecule has 0 saturated carbocycles. The fourth-order valence-electron chi connectivity index (χ4n) is 3.41. The second-order valence-electron chi connectivity index (χ2n) is 8.00. The molecule has 14 nitrogen and oxygen atoms in total. The van der Waals surface area contributed by atoms with Gasteiger partial charge in [0.25, 0.3) is 10.1 Å². The molecule has 0 bridgehead atoms. The van der Waals surface area contributed by atoms with E-state index in [-0.39, 0.29) is 31.1 Å². The summed E-state index contributed by atoms with van der Waals surface area (Å²) in [6.45, 7) is 4.48. The minimum Gasteiger partial charge on any atom is -0.463 e. The molecule has 0 N–H and O–H groups in total. The number of carbonyl (C=O) groups excluding carboxylic acids is 3. The van der Waals surface area contributed by atoms with Gasteiger partial charge in [0.1, 0.15) is 18.8 Å². The van der Waals surface area contributed by atoms with E-state index < -0.39 is 58.7 Å². The molecule has 2 rings (SSSR count). The second kappa shape index (κ2) is 13.9. The molecule has 1 aliphatic heterocycles. The summed E-state index contributed by atoms with van der Waals surface area (Å²) >= 11 is 0. The number of esters is 3. The molecule has 0 spiro atoms. The fourth-order valence-corrected chi connectivity index (χ4v) is 4.35. The number of hydrogen-bond donors (Lipinski definition) is 0. The highest BCUT2D eigenvalue weighted by molar-refractivity contribution is 7.86. The van der Waals surface area contributed by atoms with Crippen LogP contribution in [0.5, 0.6) is 0 Å². The number of rotatable bonds is 12. The van der Waals surface area contributed by atoms with E-state index in [9.17, 15) is 22.8 Å². The van der Waals surface area contributed by atoms with Crippen LogP contribution in [0.4, 0.5) is 0 Å². The standard InChI is InChI=1S/C22H29N3O11S/c1-13-6-8-17(9-7-13)37(29,30)33-11-5-10-31-22-19(24-25-23)21(35-16(4)28)20(34-15(3)27)18(36-22)12-32-14(2)26/h6-9,18-22H,5,10-12H2,1-4H3/t18-,19-,20+,21-,22-/m1/s1. The largest absolute Gasteiger partial charge is 0.463 e. The van der Waals surface area contributed by atoms with Gasteiger partial charge in [0, 0.05) is 25.7 Å². The average Bonchev–Trinajstić information content (AvgIpc) is 2.80. The summed E-state index contributed by atoms with van der Waals surface area (Å²) in [5.74, 6) is -2.15. The van der Waals surface area contributed by atoms with Crippen LogP contribution in [0.25, 0.3) is 10.4 Å². The molecule has 0 amide bonds. The fraction of sp³-hybridized carbons (Fsp3) is 0.591. The Labute approximate surface area is 213 Å². The maximum Gasteiger partial charge on any atom is 0.303 e. The third kappa shape index (κ3) is 9.30. The van der Waals surface area contributed by atoms with Crippen molar-refractivity contribution in [1.82, 2.24) is 0 Å². The van der Waals surface area contributed by atoms with Gasteiger partial charge in [-0.3, -0.25) is 18.6 Å². The average molecular weight is 544 g/mol. The number of benzene rings is 1. The van der Waals surface area contributed by atoms with Gasteiger partial charge in [-0.05, 0) is 31.0 Å². The highest BCUT2D eigenvalue weighted by Gasteiger charge is 2.50. The summed E-state index contributed by atoms with van der Waals surface area (Å²) in [5.41, 5.74) is 9.96. The molecule has 37 heavy (non-hydrogen) atoms. The molecule has 204 valence electrons. The molecule has 1 aromatic rings. The second-order valence-corrected chi connectivity index (χ2v) is 9.62. The van der Waals surface area contributed by atoms with Gasteiger partial charge in [-0.1, -0.05) is 22.8 Å². The van der Waals surface area contributed by atoms with E-state index in [1.54, 1.807) is 12.1 Å². The van der Waals surface area contributed by atoms with Crippen molar-refractivity contribution >= 4 is 28.0 Å². The number of azide groups is 1. The Morgan fingerprint density at radius 3 is 2.19 bits per heavy atom. The van der Waals surface area contributed by atoms with Crippen LogP contribution >= 0.6 is 0 Å². The lowest BCUT2D eigenvalue weighted by molar-refractivity contribution is -0.273. The first-order valence-corrected chi connectivity index (χ1v) is 12.6. The van der Waals surface area contributed by atoms with Gasteiger partial charge in [0.05, 0.1) is 18.1 Å². The molecule has 0 aromatic heterocycles. The molecule has 1 saturated heterocycles. The highest BCUT2D eigenvalue weighted by Crippen LogP contribution is 2.30. The van der Waals surface area contributed by atoms with E-state index >= 15 is 0 Å². The number of carbonyl (C=O) groups is 3. The summed E-state index contributed by atoms with van der Waals surface area (Å²) in [4.78, 5) is 37.5. The van der Waals surface area contributed by atoms with Crippen molar-refractivity contribution in [3.8, 4) is 0 Å². The van der Waals surface area contributed by atoms with Crippen LogP contribution in [0.3, 0.4) is 0 Å². The van der Waals surface area contributed by atoms with Crippen molar-refractivity contribution < 1.29 is 50.7 Å². The molecule has 5 atom stereocenters. The quantitative estimate of drug-likeness (QED) is 0.0712. The molecular weight excluding hydrogens is 514 g/mol. The number of aryl methyl sites for hydroxylation is 1. The molecule has 15 heteroatoms. The number of hydrogen-bond acceptors (Lipinski definition) is 12. The first-order chi connectivity index (χ1) is 17.4. The molecule has 1 aliphatic rings. The molecule has 1 heterocycles. The van der Waals surface area contributed by atoms with Crippen molar-refractivity contribution in [3.05, 3.63) is 40.3 Å². The minimum atomic E-state index is -3.97. The zero-order chi connectivity index (χ0) is 27.6.